The lowest BCUT2D eigenvalue weighted by Crippen LogP contribution is -2.24. The number of benzene rings is 1. The van der Waals surface area contributed by atoms with E-state index in [-0.39, 0.29) is 40.8 Å². The van der Waals surface area contributed by atoms with Crippen molar-refractivity contribution in [2.45, 2.75) is 77.2 Å². The fraction of sp³-hybridized carbons (Fsp3) is 0.542. The number of hydrogen-bond donors (Lipinski definition) is 0. The Labute approximate surface area is 189 Å². The van der Waals surface area contributed by atoms with Gasteiger partial charge in [-0.05, 0) is 62.3 Å². The fourth-order valence-electron chi connectivity index (χ4n) is 5.18. The molecule has 1 aliphatic carbocycles. The fourth-order valence-corrected chi connectivity index (χ4v) is 7.41. The van der Waals surface area contributed by atoms with Crippen molar-refractivity contribution in [3.63, 3.8) is 0 Å². The third-order valence-corrected chi connectivity index (χ3v) is 8.86. The van der Waals surface area contributed by atoms with Gasteiger partial charge in [0.2, 0.25) is 5.88 Å². The molecule has 0 spiro atoms. The number of ether oxygens (including phenoxy) is 1. The van der Waals surface area contributed by atoms with Gasteiger partial charge < -0.3 is 4.74 Å². The minimum absolute atomic E-state index is 0.0552. The van der Waals surface area contributed by atoms with E-state index in [1.54, 1.807) is 19.9 Å². The molecule has 0 radical (unpaired) electrons. The van der Waals surface area contributed by atoms with Crippen LogP contribution in [0.5, 0.6) is 5.88 Å². The molecule has 1 atom stereocenters. The molecule has 1 aromatic carbocycles. The van der Waals surface area contributed by atoms with Crippen LogP contribution in [0.1, 0.15) is 84.5 Å². The highest BCUT2D eigenvalue weighted by Crippen LogP contribution is 2.41. The van der Waals surface area contributed by atoms with Crippen molar-refractivity contribution in [2.24, 2.45) is 5.92 Å². The number of sulfone groups is 1. The lowest BCUT2D eigenvalue weighted by atomic mass is 9.89. The van der Waals surface area contributed by atoms with Crippen molar-refractivity contribution in [1.82, 2.24) is 9.78 Å². The molecular weight excluding hydrogens is 428 g/mol. The van der Waals surface area contributed by atoms with Gasteiger partial charge in [0.25, 0.3) is 0 Å². The molecule has 1 fully saturated rings. The van der Waals surface area contributed by atoms with Crippen LogP contribution in [0.2, 0.25) is 0 Å². The summed E-state index contributed by atoms with van der Waals surface area (Å²) in [7, 11) is -3.35. The van der Waals surface area contributed by atoms with Gasteiger partial charge in [0, 0.05) is 12.1 Å². The lowest BCUT2D eigenvalue weighted by molar-refractivity contribution is -0.140. The van der Waals surface area contributed by atoms with Crippen LogP contribution in [0.25, 0.3) is 0 Å². The van der Waals surface area contributed by atoms with Crippen LogP contribution in [0.15, 0.2) is 17.2 Å². The summed E-state index contributed by atoms with van der Waals surface area (Å²) in [5.74, 6) is -0.720. The molecule has 172 valence electrons. The molecule has 2 aromatic rings. The Kier molecular flexibility index (Phi) is 6.00. The highest BCUT2D eigenvalue weighted by atomic mass is 32.2. The van der Waals surface area contributed by atoms with Crippen LogP contribution in [0, 0.1) is 19.8 Å². The summed E-state index contributed by atoms with van der Waals surface area (Å²) in [6, 6.07) is 1.64. The van der Waals surface area contributed by atoms with Gasteiger partial charge in [0.15, 0.2) is 15.6 Å². The second kappa shape index (κ2) is 8.46. The number of esters is 1. The number of hydrogen-bond acceptors (Lipinski definition) is 6. The molecule has 2 heterocycles. The Morgan fingerprint density at radius 1 is 1.16 bits per heavy atom. The highest BCUT2D eigenvalue weighted by Gasteiger charge is 2.37. The maximum Gasteiger partial charge on any atom is 0.315 e. The summed E-state index contributed by atoms with van der Waals surface area (Å²) in [4.78, 5) is 26.7. The Morgan fingerprint density at radius 2 is 1.84 bits per heavy atom. The Bertz CT molecular complexity index is 1190. The summed E-state index contributed by atoms with van der Waals surface area (Å²) >= 11 is 0. The molecule has 8 heteroatoms. The van der Waals surface area contributed by atoms with Crippen molar-refractivity contribution in [3.8, 4) is 5.88 Å². The van der Waals surface area contributed by atoms with E-state index in [0.717, 1.165) is 37.7 Å². The zero-order valence-electron chi connectivity index (χ0n) is 19.1. The van der Waals surface area contributed by atoms with Gasteiger partial charge in [-0.2, -0.15) is 5.10 Å². The average Bonchev–Trinajstić information content (AvgIpc) is 3.27. The number of ketones is 1. The quantitative estimate of drug-likeness (QED) is 0.494. The molecule has 1 aliphatic heterocycles. The van der Waals surface area contributed by atoms with Gasteiger partial charge in [-0.25, -0.2) is 13.1 Å². The third kappa shape index (κ3) is 3.78. The second-order valence-electron chi connectivity index (χ2n) is 9.06. The maximum absolute atomic E-state index is 13.6. The first-order valence-electron chi connectivity index (χ1n) is 11.3. The van der Waals surface area contributed by atoms with Crippen LogP contribution in [0.4, 0.5) is 0 Å². The van der Waals surface area contributed by atoms with E-state index in [4.69, 9.17) is 4.74 Å². The summed E-state index contributed by atoms with van der Waals surface area (Å²) in [5.41, 5.74) is 2.61. The van der Waals surface area contributed by atoms with E-state index < -0.39 is 9.84 Å². The predicted octanol–water partition coefficient (Wildman–Crippen LogP) is 4.13. The van der Waals surface area contributed by atoms with Crippen LogP contribution in [-0.2, 0) is 21.2 Å². The lowest BCUT2D eigenvalue weighted by Gasteiger charge is -2.20. The van der Waals surface area contributed by atoms with Crippen molar-refractivity contribution in [3.05, 3.63) is 40.1 Å². The normalized spacial score (nSPS) is 20.2. The molecule has 4 rings (SSSR count). The minimum atomic E-state index is -3.35. The SMILES string of the molecule is CCn1ncc(C(=O)c2cc(C)c3c(c2C)C(C)CS3(=O)=O)c1OC(=O)C1CCCCC1. The summed E-state index contributed by atoms with van der Waals surface area (Å²) in [5, 5.41) is 4.26. The smallest absolute Gasteiger partial charge is 0.315 e. The Balaban J connectivity index is 1.74. The average molecular weight is 459 g/mol. The molecule has 1 unspecified atom stereocenters. The second-order valence-corrected chi connectivity index (χ2v) is 11.0. The van der Waals surface area contributed by atoms with E-state index in [9.17, 15) is 18.0 Å². The van der Waals surface area contributed by atoms with Crippen molar-refractivity contribution < 1.29 is 22.7 Å². The first kappa shape index (κ1) is 22.7. The standard InChI is InChI=1S/C24H30N2O5S/c1-5-26-23(31-24(28)17-9-7-6-8-10-17)19(12-25-26)21(27)18-11-14(2)22-20(16(18)4)15(3)13-32(22,29)30/h11-12,15,17H,5-10,13H2,1-4H3. The minimum Gasteiger partial charge on any atom is -0.407 e. The van der Waals surface area contributed by atoms with Crippen molar-refractivity contribution in [2.75, 3.05) is 5.75 Å². The van der Waals surface area contributed by atoms with E-state index in [2.05, 4.69) is 5.10 Å². The molecule has 32 heavy (non-hydrogen) atoms. The van der Waals surface area contributed by atoms with Gasteiger partial charge in [-0.3, -0.25) is 9.59 Å². The monoisotopic (exact) mass is 458 g/mol. The molecule has 0 saturated heterocycles. The molecule has 2 aliphatic rings. The zero-order chi connectivity index (χ0) is 23.2. The van der Waals surface area contributed by atoms with Gasteiger partial charge >= 0.3 is 5.97 Å². The molecular formula is C24H30N2O5S. The van der Waals surface area contributed by atoms with Crippen LogP contribution < -0.4 is 4.74 Å². The number of fused-ring (bicyclic) bond motifs is 1. The Hall–Kier alpha value is -2.48. The molecule has 1 saturated carbocycles. The largest absolute Gasteiger partial charge is 0.407 e. The molecule has 7 nitrogen and oxygen atoms in total. The van der Waals surface area contributed by atoms with Gasteiger partial charge in [-0.1, -0.05) is 26.2 Å². The number of aromatic nitrogens is 2. The third-order valence-electron chi connectivity index (χ3n) is 6.76. The van der Waals surface area contributed by atoms with E-state index >= 15 is 0 Å². The first-order valence-corrected chi connectivity index (χ1v) is 13.0. The number of nitrogens with zero attached hydrogens (tertiary/aromatic N) is 2. The predicted molar refractivity (Wildman–Crippen MR) is 120 cm³/mol. The zero-order valence-corrected chi connectivity index (χ0v) is 19.9. The number of carbonyl (C=O) groups is 2. The van der Waals surface area contributed by atoms with E-state index in [0.29, 0.717) is 28.1 Å². The molecule has 0 amide bonds. The van der Waals surface area contributed by atoms with Crippen LogP contribution in [-0.4, -0.2) is 35.7 Å². The van der Waals surface area contributed by atoms with E-state index in [1.165, 1.54) is 10.9 Å². The number of rotatable bonds is 5. The summed E-state index contributed by atoms with van der Waals surface area (Å²) < 4.78 is 32.5. The Morgan fingerprint density at radius 3 is 2.50 bits per heavy atom. The van der Waals surface area contributed by atoms with Crippen LogP contribution in [0.3, 0.4) is 0 Å². The van der Waals surface area contributed by atoms with E-state index in [1.807, 2.05) is 13.8 Å². The topological polar surface area (TPSA) is 95.3 Å². The van der Waals surface area contributed by atoms with Crippen molar-refractivity contribution in [1.29, 1.82) is 0 Å². The van der Waals surface area contributed by atoms with Gasteiger partial charge in [0.05, 0.1) is 22.8 Å². The first-order chi connectivity index (χ1) is 15.2. The molecule has 1 aromatic heterocycles. The molecule has 0 bridgehead atoms. The summed E-state index contributed by atoms with van der Waals surface area (Å²) in [6.07, 6.45) is 6.19. The highest BCUT2D eigenvalue weighted by molar-refractivity contribution is 7.91. The van der Waals surface area contributed by atoms with Gasteiger partial charge in [0.1, 0.15) is 5.56 Å². The van der Waals surface area contributed by atoms with Crippen molar-refractivity contribution >= 4 is 21.6 Å². The summed E-state index contributed by atoms with van der Waals surface area (Å²) in [6.45, 7) is 7.72. The van der Waals surface area contributed by atoms with Crippen LogP contribution >= 0.6 is 0 Å². The maximum atomic E-state index is 13.6. The van der Waals surface area contributed by atoms with Gasteiger partial charge in [-0.15, -0.1) is 0 Å². The number of carbonyl (C=O) groups excluding carboxylic acids is 2. The molecule has 0 N–H and O–H groups in total. The number of aryl methyl sites for hydroxylation is 2.